The van der Waals surface area contributed by atoms with Gasteiger partial charge >= 0.3 is 0 Å². The Hall–Kier alpha value is -3.37. The molecule has 0 atom stereocenters. The molecule has 5 heteroatoms. The molecular weight excluding hydrogens is 412 g/mol. The molecule has 0 unspecified atom stereocenters. The smallest absolute Gasteiger partial charge is 0.167 e. The second-order valence-corrected chi connectivity index (χ2v) is 6.96. The number of rotatable bonds is 8. The summed E-state index contributed by atoms with van der Waals surface area (Å²) in [5.74, 6) is 2.72. The van der Waals surface area contributed by atoms with Gasteiger partial charge in [0.05, 0.1) is 33.5 Å². The zero-order valence-electron chi connectivity index (χ0n) is 18.0. The number of para-hydroxylation sites is 2. The number of hydrogen-bond donors (Lipinski definition) is 0. The number of ether oxygens (including phenoxy) is 4. The molecule has 31 heavy (non-hydrogen) atoms. The minimum atomic E-state index is 0.652. The Morgan fingerprint density at radius 1 is 0.516 bits per heavy atom. The van der Waals surface area contributed by atoms with Crippen LogP contribution in [0.1, 0.15) is 22.3 Å². The summed E-state index contributed by atoms with van der Waals surface area (Å²) in [5.41, 5.74) is 3.59. The van der Waals surface area contributed by atoms with Crippen molar-refractivity contribution in [1.29, 1.82) is 0 Å². The monoisotopic (exact) mass is 436 g/mol. The molecule has 0 aliphatic rings. The fraction of sp³-hybridized carbons (Fsp3) is 0.154. The molecule has 3 rings (SSSR count). The van der Waals surface area contributed by atoms with Gasteiger partial charge < -0.3 is 18.9 Å². The van der Waals surface area contributed by atoms with Gasteiger partial charge in [-0.15, -0.1) is 0 Å². The van der Waals surface area contributed by atoms with Gasteiger partial charge in [-0.1, -0.05) is 78.4 Å². The van der Waals surface area contributed by atoms with E-state index in [1.807, 2.05) is 78.9 Å². The lowest BCUT2D eigenvalue weighted by molar-refractivity contribution is 0.354. The van der Waals surface area contributed by atoms with Crippen LogP contribution in [0, 0.1) is 0 Å². The number of hydrogen-bond acceptors (Lipinski definition) is 4. The lowest BCUT2D eigenvalue weighted by Crippen LogP contribution is -1.92. The van der Waals surface area contributed by atoms with E-state index in [0.717, 1.165) is 22.3 Å². The van der Waals surface area contributed by atoms with E-state index < -0.39 is 0 Å². The highest BCUT2D eigenvalue weighted by Crippen LogP contribution is 2.34. The molecule has 0 aliphatic heterocycles. The first kappa shape index (κ1) is 22.3. The van der Waals surface area contributed by atoms with Crippen molar-refractivity contribution in [2.24, 2.45) is 0 Å². The Labute approximate surface area is 188 Å². The number of halogens is 1. The fourth-order valence-corrected chi connectivity index (χ4v) is 3.52. The third kappa shape index (κ3) is 5.04. The zero-order chi connectivity index (χ0) is 22.2. The lowest BCUT2D eigenvalue weighted by Gasteiger charge is -2.10. The van der Waals surface area contributed by atoms with E-state index in [1.54, 1.807) is 28.4 Å². The summed E-state index contributed by atoms with van der Waals surface area (Å²) in [5, 5.41) is 0.652. The third-order valence-electron chi connectivity index (χ3n) is 4.81. The van der Waals surface area contributed by atoms with Gasteiger partial charge in [-0.25, -0.2) is 0 Å². The van der Waals surface area contributed by atoms with Gasteiger partial charge in [0.15, 0.2) is 23.0 Å². The van der Waals surface area contributed by atoms with Crippen molar-refractivity contribution in [1.82, 2.24) is 0 Å². The normalized spacial score (nSPS) is 11.1. The Kier molecular flexibility index (Phi) is 7.63. The van der Waals surface area contributed by atoms with Crippen molar-refractivity contribution >= 4 is 35.9 Å². The van der Waals surface area contributed by atoms with Gasteiger partial charge in [-0.3, -0.25) is 0 Å². The molecule has 3 aromatic carbocycles. The summed E-state index contributed by atoms with van der Waals surface area (Å²) in [7, 11) is 6.49. The maximum Gasteiger partial charge on any atom is 0.167 e. The minimum Gasteiger partial charge on any atom is -0.493 e. The molecule has 0 saturated heterocycles. The highest BCUT2D eigenvalue weighted by molar-refractivity contribution is 6.33. The summed E-state index contributed by atoms with van der Waals surface area (Å²) in [4.78, 5) is 0. The molecule has 0 bridgehead atoms. The van der Waals surface area contributed by atoms with Crippen LogP contribution in [0.4, 0.5) is 0 Å². The molecule has 0 N–H and O–H groups in total. The molecule has 0 fully saturated rings. The fourth-order valence-electron chi connectivity index (χ4n) is 3.27. The van der Waals surface area contributed by atoms with Crippen molar-refractivity contribution in [2.45, 2.75) is 0 Å². The van der Waals surface area contributed by atoms with Crippen molar-refractivity contribution in [3.05, 3.63) is 81.9 Å². The predicted molar refractivity (Wildman–Crippen MR) is 128 cm³/mol. The van der Waals surface area contributed by atoms with Crippen LogP contribution in [0.15, 0.2) is 54.6 Å². The summed E-state index contributed by atoms with van der Waals surface area (Å²) in [6.45, 7) is 0. The van der Waals surface area contributed by atoms with Crippen LogP contribution in [-0.4, -0.2) is 28.4 Å². The highest BCUT2D eigenvalue weighted by Gasteiger charge is 2.09. The first-order valence-corrected chi connectivity index (χ1v) is 10.1. The highest BCUT2D eigenvalue weighted by atomic mass is 35.5. The summed E-state index contributed by atoms with van der Waals surface area (Å²) in [6.07, 6.45) is 7.84. The van der Waals surface area contributed by atoms with Crippen molar-refractivity contribution in [2.75, 3.05) is 28.4 Å². The standard InChI is InChI=1S/C26H25ClO4/c1-28-22-12-6-10-20(25(22)30-3)16-14-18-8-5-9-19(24(18)27)15-17-21-11-7-13-23(29-2)26(21)31-4/h5-17H,1-4H3/b16-14-,17-15+. The second kappa shape index (κ2) is 10.6. The minimum absolute atomic E-state index is 0.652. The van der Waals surface area contributed by atoms with Crippen LogP contribution in [0.3, 0.4) is 0 Å². The van der Waals surface area contributed by atoms with Crippen molar-refractivity contribution in [3.63, 3.8) is 0 Å². The molecule has 0 aromatic heterocycles. The number of methoxy groups -OCH3 is 4. The summed E-state index contributed by atoms with van der Waals surface area (Å²) >= 11 is 6.69. The quantitative estimate of drug-likeness (QED) is 0.367. The second-order valence-electron chi connectivity index (χ2n) is 6.58. The Balaban J connectivity index is 1.92. The van der Waals surface area contributed by atoms with E-state index in [-0.39, 0.29) is 0 Å². The van der Waals surface area contributed by atoms with Crippen LogP contribution < -0.4 is 18.9 Å². The van der Waals surface area contributed by atoms with Crippen molar-refractivity contribution in [3.8, 4) is 23.0 Å². The zero-order valence-corrected chi connectivity index (χ0v) is 18.8. The topological polar surface area (TPSA) is 36.9 Å². The summed E-state index contributed by atoms with van der Waals surface area (Å²) < 4.78 is 21.7. The van der Waals surface area contributed by atoms with E-state index in [4.69, 9.17) is 30.5 Å². The van der Waals surface area contributed by atoms with E-state index in [2.05, 4.69) is 0 Å². The van der Waals surface area contributed by atoms with Gasteiger partial charge in [-0.2, -0.15) is 0 Å². The van der Waals surface area contributed by atoms with E-state index in [0.29, 0.717) is 28.0 Å². The molecule has 0 saturated carbocycles. The molecule has 0 amide bonds. The molecular formula is C26H25ClO4. The molecule has 0 spiro atoms. The first-order chi connectivity index (χ1) is 15.1. The van der Waals surface area contributed by atoms with E-state index in [1.165, 1.54) is 0 Å². The van der Waals surface area contributed by atoms with Gasteiger partial charge in [0, 0.05) is 11.1 Å². The van der Waals surface area contributed by atoms with Gasteiger partial charge in [0.2, 0.25) is 0 Å². The molecule has 3 aromatic rings. The average molecular weight is 437 g/mol. The third-order valence-corrected chi connectivity index (χ3v) is 5.25. The van der Waals surface area contributed by atoms with Crippen molar-refractivity contribution < 1.29 is 18.9 Å². The van der Waals surface area contributed by atoms with Crippen LogP contribution in [0.2, 0.25) is 5.02 Å². The SMILES string of the molecule is COc1cccc(/C=C\c2cccc(/C=C/c3cccc(OC)c3OC)c2Cl)c1OC. The molecule has 0 aliphatic carbocycles. The van der Waals surface area contributed by atoms with Crippen LogP contribution in [-0.2, 0) is 0 Å². The van der Waals surface area contributed by atoms with Gasteiger partial charge in [-0.05, 0) is 23.3 Å². The first-order valence-electron chi connectivity index (χ1n) is 9.69. The maximum absolute atomic E-state index is 6.69. The van der Waals surface area contributed by atoms with E-state index in [9.17, 15) is 0 Å². The number of benzene rings is 3. The van der Waals surface area contributed by atoms with Crippen LogP contribution in [0.25, 0.3) is 24.3 Å². The molecule has 160 valence electrons. The maximum atomic E-state index is 6.69. The van der Waals surface area contributed by atoms with E-state index >= 15 is 0 Å². The lowest BCUT2D eigenvalue weighted by atomic mass is 10.1. The molecule has 4 nitrogen and oxygen atoms in total. The molecule has 0 heterocycles. The Morgan fingerprint density at radius 2 is 0.871 bits per heavy atom. The van der Waals surface area contributed by atoms with Crippen LogP contribution in [0.5, 0.6) is 23.0 Å². The van der Waals surface area contributed by atoms with Gasteiger partial charge in [0.25, 0.3) is 0 Å². The van der Waals surface area contributed by atoms with Gasteiger partial charge in [0.1, 0.15) is 0 Å². The van der Waals surface area contributed by atoms with Crippen LogP contribution >= 0.6 is 11.6 Å². The predicted octanol–water partition coefficient (Wildman–Crippen LogP) is 6.72. The molecule has 0 radical (unpaired) electrons. The average Bonchev–Trinajstić information content (AvgIpc) is 2.81. The Bertz CT molecular complexity index is 1020. The largest absolute Gasteiger partial charge is 0.493 e. The Morgan fingerprint density at radius 3 is 1.26 bits per heavy atom. The summed E-state index contributed by atoms with van der Waals surface area (Å²) in [6, 6.07) is 17.4.